The third-order valence-electron chi connectivity index (χ3n) is 5.84. The van der Waals surface area contributed by atoms with E-state index in [-0.39, 0.29) is 0 Å². The van der Waals surface area contributed by atoms with Crippen molar-refractivity contribution in [2.24, 2.45) is 11.8 Å². The fourth-order valence-electron chi connectivity index (χ4n) is 3.93. The van der Waals surface area contributed by atoms with Crippen LogP contribution in [-0.2, 0) is 4.79 Å². The monoisotopic (exact) mass is 323 g/mol. The summed E-state index contributed by atoms with van der Waals surface area (Å²) in [5, 5.41) is 0. The van der Waals surface area contributed by atoms with Gasteiger partial charge in [0.05, 0.1) is 0 Å². The summed E-state index contributed by atoms with van der Waals surface area (Å²) in [6.45, 7) is 16.9. The van der Waals surface area contributed by atoms with Crippen LogP contribution < -0.4 is 0 Å². The van der Waals surface area contributed by atoms with Crippen molar-refractivity contribution in [1.82, 2.24) is 14.7 Å². The van der Waals surface area contributed by atoms with Crippen molar-refractivity contribution in [3.05, 3.63) is 0 Å². The van der Waals surface area contributed by atoms with Crippen molar-refractivity contribution in [2.45, 2.75) is 59.4 Å². The average Bonchev–Trinajstić information content (AvgIpc) is 2.55. The van der Waals surface area contributed by atoms with E-state index in [1.807, 2.05) is 0 Å². The van der Waals surface area contributed by atoms with E-state index < -0.39 is 0 Å². The van der Waals surface area contributed by atoms with Gasteiger partial charge >= 0.3 is 0 Å². The van der Waals surface area contributed by atoms with E-state index in [9.17, 15) is 4.79 Å². The average molecular weight is 324 g/mol. The number of carbonyl (C=O) groups is 1. The van der Waals surface area contributed by atoms with Crippen LogP contribution in [0.2, 0.25) is 0 Å². The van der Waals surface area contributed by atoms with Crippen molar-refractivity contribution in [3.8, 4) is 0 Å². The summed E-state index contributed by atoms with van der Waals surface area (Å²) in [5.41, 5.74) is 0. The highest BCUT2D eigenvalue weighted by Crippen LogP contribution is 2.24. The number of hydrogen-bond donors (Lipinski definition) is 0. The highest BCUT2D eigenvalue weighted by molar-refractivity contribution is 5.76. The minimum absolute atomic E-state index is 0.382. The Balaban J connectivity index is 1.59. The van der Waals surface area contributed by atoms with Crippen LogP contribution in [0.1, 0.15) is 53.4 Å². The Morgan fingerprint density at radius 1 is 0.957 bits per heavy atom. The van der Waals surface area contributed by atoms with E-state index in [1.54, 1.807) is 0 Å². The molecule has 0 radical (unpaired) electrons. The van der Waals surface area contributed by atoms with Gasteiger partial charge in [0.1, 0.15) is 0 Å². The number of likely N-dealkylation sites (tertiary alicyclic amines) is 1. The number of nitrogens with zero attached hydrogens (tertiary/aromatic N) is 3. The van der Waals surface area contributed by atoms with Crippen molar-refractivity contribution in [3.63, 3.8) is 0 Å². The summed E-state index contributed by atoms with van der Waals surface area (Å²) in [4.78, 5) is 19.5. The van der Waals surface area contributed by atoms with E-state index in [4.69, 9.17) is 0 Å². The molecule has 0 spiro atoms. The van der Waals surface area contributed by atoms with Gasteiger partial charge in [-0.05, 0) is 51.5 Å². The lowest BCUT2D eigenvalue weighted by Gasteiger charge is -2.37. The van der Waals surface area contributed by atoms with Crippen LogP contribution in [0.3, 0.4) is 0 Å². The number of amides is 1. The molecule has 0 unspecified atom stereocenters. The molecule has 0 aliphatic carbocycles. The second-order valence-corrected chi connectivity index (χ2v) is 8.04. The van der Waals surface area contributed by atoms with E-state index in [0.717, 1.165) is 57.4 Å². The smallest absolute Gasteiger partial charge is 0.222 e. The number of hydrogen-bond acceptors (Lipinski definition) is 3. The van der Waals surface area contributed by atoms with Gasteiger partial charge in [0.25, 0.3) is 0 Å². The summed E-state index contributed by atoms with van der Waals surface area (Å²) in [6, 6.07) is 0.660. The fraction of sp³-hybridized carbons (Fsp3) is 0.947. The summed E-state index contributed by atoms with van der Waals surface area (Å²) in [5.74, 6) is 1.96. The van der Waals surface area contributed by atoms with Crippen molar-refractivity contribution in [1.29, 1.82) is 0 Å². The van der Waals surface area contributed by atoms with Gasteiger partial charge in [-0.2, -0.15) is 0 Å². The molecular formula is C19H37N3O. The van der Waals surface area contributed by atoms with Crippen LogP contribution in [0.4, 0.5) is 0 Å². The Morgan fingerprint density at radius 2 is 1.57 bits per heavy atom. The molecule has 2 rings (SSSR count). The van der Waals surface area contributed by atoms with Crippen molar-refractivity contribution in [2.75, 3.05) is 45.8 Å². The third-order valence-corrected chi connectivity index (χ3v) is 5.84. The molecule has 0 saturated carbocycles. The molecule has 1 amide bonds. The van der Waals surface area contributed by atoms with Crippen molar-refractivity contribution < 1.29 is 4.79 Å². The lowest BCUT2D eigenvalue weighted by molar-refractivity contribution is -0.133. The van der Waals surface area contributed by atoms with Crippen LogP contribution >= 0.6 is 0 Å². The van der Waals surface area contributed by atoms with Gasteiger partial charge in [-0.25, -0.2) is 0 Å². The maximum absolute atomic E-state index is 12.4. The van der Waals surface area contributed by atoms with Gasteiger partial charge in [0.15, 0.2) is 0 Å². The largest absolute Gasteiger partial charge is 0.343 e. The third kappa shape index (κ3) is 5.75. The van der Waals surface area contributed by atoms with Crippen LogP contribution in [0.25, 0.3) is 0 Å². The normalized spacial score (nSPS) is 22.3. The molecule has 2 heterocycles. The summed E-state index contributed by atoms with van der Waals surface area (Å²) in [7, 11) is 0. The summed E-state index contributed by atoms with van der Waals surface area (Å²) >= 11 is 0. The highest BCUT2D eigenvalue weighted by Gasteiger charge is 2.24. The lowest BCUT2D eigenvalue weighted by Crippen LogP contribution is -2.49. The van der Waals surface area contributed by atoms with Gasteiger partial charge in [-0.1, -0.05) is 13.8 Å². The van der Waals surface area contributed by atoms with Gasteiger partial charge in [-0.3, -0.25) is 9.69 Å². The molecule has 2 fully saturated rings. The number of rotatable bonds is 6. The quantitative estimate of drug-likeness (QED) is 0.752. The van der Waals surface area contributed by atoms with Crippen molar-refractivity contribution >= 4 is 5.91 Å². The van der Waals surface area contributed by atoms with Crippen LogP contribution in [0.15, 0.2) is 0 Å². The predicted molar refractivity (Wildman–Crippen MR) is 96.5 cm³/mol. The zero-order valence-corrected chi connectivity index (χ0v) is 15.8. The zero-order chi connectivity index (χ0) is 16.8. The second kappa shape index (κ2) is 9.03. The number of piperazine rings is 1. The molecule has 4 heteroatoms. The van der Waals surface area contributed by atoms with E-state index in [0.29, 0.717) is 11.9 Å². The number of piperidine rings is 1. The first-order valence-corrected chi connectivity index (χ1v) is 9.71. The Labute approximate surface area is 143 Å². The standard InChI is InChI=1S/C19H37N3O/c1-16(2)18-7-10-22(11-8-18)19(23)6-5-9-20-12-14-21(15-13-20)17(3)4/h16-18H,5-15H2,1-4H3. The molecule has 4 nitrogen and oxygen atoms in total. The maximum Gasteiger partial charge on any atom is 0.222 e. The fourth-order valence-corrected chi connectivity index (χ4v) is 3.93. The lowest BCUT2D eigenvalue weighted by atomic mass is 9.86. The molecule has 23 heavy (non-hydrogen) atoms. The molecule has 0 N–H and O–H groups in total. The Bertz CT molecular complexity index is 354. The topological polar surface area (TPSA) is 26.8 Å². The van der Waals surface area contributed by atoms with E-state index in [1.165, 1.54) is 25.9 Å². The number of carbonyl (C=O) groups excluding carboxylic acids is 1. The molecule has 2 aliphatic heterocycles. The minimum atomic E-state index is 0.382. The molecular weight excluding hydrogens is 286 g/mol. The second-order valence-electron chi connectivity index (χ2n) is 8.04. The Morgan fingerprint density at radius 3 is 2.09 bits per heavy atom. The van der Waals surface area contributed by atoms with E-state index >= 15 is 0 Å². The first-order valence-electron chi connectivity index (χ1n) is 9.71. The molecule has 134 valence electrons. The zero-order valence-electron chi connectivity index (χ0n) is 15.8. The Hall–Kier alpha value is -0.610. The molecule has 0 bridgehead atoms. The molecule has 0 atom stereocenters. The summed E-state index contributed by atoms with van der Waals surface area (Å²) in [6.07, 6.45) is 4.14. The summed E-state index contributed by atoms with van der Waals surface area (Å²) < 4.78 is 0. The van der Waals surface area contributed by atoms with Gasteiger partial charge in [0.2, 0.25) is 5.91 Å². The molecule has 2 aliphatic rings. The first-order chi connectivity index (χ1) is 11.0. The highest BCUT2D eigenvalue weighted by atomic mass is 16.2. The van der Waals surface area contributed by atoms with Gasteiger partial charge in [-0.15, -0.1) is 0 Å². The van der Waals surface area contributed by atoms with Crippen LogP contribution in [0, 0.1) is 11.8 Å². The van der Waals surface area contributed by atoms with E-state index in [2.05, 4.69) is 42.4 Å². The molecule has 2 saturated heterocycles. The SMILES string of the molecule is CC(C)C1CCN(C(=O)CCCN2CCN(C(C)C)CC2)CC1. The maximum atomic E-state index is 12.4. The van der Waals surface area contributed by atoms with Gasteiger partial charge in [0, 0.05) is 51.7 Å². The molecule has 0 aromatic heterocycles. The predicted octanol–water partition coefficient (Wildman–Crippen LogP) is 2.69. The first kappa shape index (κ1) is 18.7. The Kier molecular flexibility index (Phi) is 7.35. The molecule has 0 aromatic carbocycles. The van der Waals surface area contributed by atoms with Gasteiger partial charge < -0.3 is 9.80 Å². The molecule has 0 aromatic rings. The van der Waals surface area contributed by atoms with Crippen LogP contribution in [0.5, 0.6) is 0 Å². The minimum Gasteiger partial charge on any atom is -0.343 e. The van der Waals surface area contributed by atoms with Crippen LogP contribution in [-0.4, -0.2) is 72.5 Å².